The molecule has 0 saturated carbocycles. The maximum atomic E-state index is 13.9. The second-order valence-corrected chi connectivity index (χ2v) is 5.71. The van der Waals surface area contributed by atoms with Crippen molar-refractivity contribution in [2.75, 3.05) is 7.11 Å². The van der Waals surface area contributed by atoms with Gasteiger partial charge < -0.3 is 4.74 Å². The Hall–Kier alpha value is -2.47. The van der Waals surface area contributed by atoms with E-state index in [0.29, 0.717) is 11.3 Å². The lowest BCUT2D eigenvalue weighted by molar-refractivity contribution is 0.0640. The Kier molecular flexibility index (Phi) is 4.01. The standard InChI is InChI=1S/C17H12ClF2NO3/c1-8-13(24-2)6-3-9-14(8)17(23)21(16(9)22)7-10-11(19)4-5-12(20)15(10)18/h3-6H,7H2,1-2H3. The van der Waals surface area contributed by atoms with Gasteiger partial charge in [-0.25, -0.2) is 8.78 Å². The van der Waals surface area contributed by atoms with Gasteiger partial charge in [-0.3, -0.25) is 14.5 Å². The zero-order valence-corrected chi connectivity index (χ0v) is 13.6. The predicted octanol–water partition coefficient (Wildman–Crippen LogP) is 3.73. The molecule has 2 aromatic rings. The van der Waals surface area contributed by atoms with Crippen molar-refractivity contribution in [3.63, 3.8) is 0 Å². The zero-order chi connectivity index (χ0) is 17.6. The van der Waals surface area contributed by atoms with E-state index in [1.807, 2.05) is 0 Å². The van der Waals surface area contributed by atoms with Gasteiger partial charge in [-0.05, 0) is 31.2 Å². The SMILES string of the molecule is COc1ccc2c(c1C)C(=O)N(Cc1c(F)ccc(F)c1Cl)C2=O. The van der Waals surface area contributed by atoms with Crippen LogP contribution in [-0.4, -0.2) is 23.8 Å². The molecule has 0 N–H and O–H groups in total. The number of nitrogens with zero attached hydrogens (tertiary/aromatic N) is 1. The number of methoxy groups -OCH3 is 1. The highest BCUT2D eigenvalue weighted by Crippen LogP contribution is 2.33. The minimum Gasteiger partial charge on any atom is -0.496 e. The summed E-state index contributed by atoms with van der Waals surface area (Å²) in [5, 5.41) is -0.444. The molecule has 0 atom stereocenters. The molecule has 2 amide bonds. The molecular weight excluding hydrogens is 340 g/mol. The molecule has 4 nitrogen and oxygen atoms in total. The lowest BCUT2D eigenvalue weighted by atomic mass is 10.0. The molecule has 1 aliphatic rings. The summed E-state index contributed by atoms with van der Waals surface area (Å²) in [6, 6.07) is 4.85. The minimum absolute atomic E-state index is 0.200. The first-order valence-corrected chi connectivity index (χ1v) is 7.40. The van der Waals surface area contributed by atoms with Crippen LogP contribution in [0, 0.1) is 18.6 Å². The topological polar surface area (TPSA) is 46.6 Å². The number of amides is 2. The molecule has 7 heteroatoms. The molecular formula is C17H12ClF2NO3. The summed E-state index contributed by atoms with van der Waals surface area (Å²) in [6.45, 7) is 1.21. The van der Waals surface area contributed by atoms with Gasteiger partial charge in [0.05, 0.1) is 29.8 Å². The van der Waals surface area contributed by atoms with Gasteiger partial charge in [0.1, 0.15) is 17.4 Å². The largest absolute Gasteiger partial charge is 0.496 e. The third kappa shape index (κ3) is 2.34. The third-order valence-corrected chi connectivity index (χ3v) is 4.43. The van der Waals surface area contributed by atoms with Crippen LogP contribution in [0.4, 0.5) is 8.78 Å². The number of rotatable bonds is 3. The summed E-state index contributed by atoms with van der Waals surface area (Å²) in [5.74, 6) is -2.31. The zero-order valence-electron chi connectivity index (χ0n) is 12.8. The highest BCUT2D eigenvalue weighted by atomic mass is 35.5. The molecule has 0 radical (unpaired) electrons. The van der Waals surface area contributed by atoms with Gasteiger partial charge in [-0.2, -0.15) is 0 Å². The van der Waals surface area contributed by atoms with Crippen LogP contribution < -0.4 is 4.74 Å². The van der Waals surface area contributed by atoms with Crippen molar-refractivity contribution in [2.24, 2.45) is 0 Å². The van der Waals surface area contributed by atoms with Crippen LogP contribution in [-0.2, 0) is 6.54 Å². The fourth-order valence-electron chi connectivity index (χ4n) is 2.76. The summed E-state index contributed by atoms with van der Waals surface area (Å²) in [4.78, 5) is 25.9. The Balaban J connectivity index is 2.04. The first-order valence-electron chi connectivity index (χ1n) is 7.03. The highest BCUT2D eigenvalue weighted by molar-refractivity contribution is 6.31. The van der Waals surface area contributed by atoms with E-state index in [-0.39, 0.29) is 16.7 Å². The average molecular weight is 352 g/mol. The predicted molar refractivity (Wildman–Crippen MR) is 83.3 cm³/mol. The van der Waals surface area contributed by atoms with Gasteiger partial charge in [0.25, 0.3) is 11.8 Å². The third-order valence-electron chi connectivity index (χ3n) is 4.02. The Labute approximate surface area is 141 Å². The molecule has 0 saturated heterocycles. The second kappa shape index (κ2) is 5.87. The number of fused-ring (bicyclic) bond motifs is 1. The van der Waals surface area contributed by atoms with Crippen molar-refractivity contribution >= 4 is 23.4 Å². The number of carbonyl (C=O) groups excluding carboxylic acids is 2. The van der Waals surface area contributed by atoms with Crippen LogP contribution >= 0.6 is 11.6 Å². The minimum atomic E-state index is -0.817. The van der Waals surface area contributed by atoms with Gasteiger partial charge >= 0.3 is 0 Å². The number of halogens is 3. The molecule has 0 aromatic heterocycles. The van der Waals surface area contributed by atoms with Crippen LogP contribution in [0.25, 0.3) is 0 Å². The fourth-order valence-corrected chi connectivity index (χ4v) is 2.97. The maximum absolute atomic E-state index is 13.9. The molecule has 0 spiro atoms. The number of hydrogen-bond acceptors (Lipinski definition) is 3. The Morgan fingerprint density at radius 2 is 1.75 bits per heavy atom. The van der Waals surface area contributed by atoms with E-state index in [4.69, 9.17) is 16.3 Å². The lowest BCUT2D eigenvalue weighted by Crippen LogP contribution is -2.30. The molecule has 1 heterocycles. The maximum Gasteiger partial charge on any atom is 0.262 e. The van der Waals surface area contributed by atoms with Crippen molar-refractivity contribution in [1.29, 1.82) is 0 Å². The van der Waals surface area contributed by atoms with Gasteiger partial charge in [0.2, 0.25) is 0 Å². The number of benzene rings is 2. The number of ether oxygens (including phenoxy) is 1. The van der Waals surface area contributed by atoms with E-state index in [1.165, 1.54) is 13.2 Å². The van der Waals surface area contributed by atoms with Gasteiger partial charge in [-0.1, -0.05) is 11.6 Å². The molecule has 3 rings (SSSR count). The van der Waals surface area contributed by atoms with Crippen LogP contribution in [0.1, 0.15) is 31.8 Å². The smallest absolute Gasteiger partial charge is 0.262 e. The summed E-state index contributed by atoms with van der Waals surface area (Å²) < 4.78 is 32.6. The van der Waals surface area contributed by atoms with E-state index in [0.717, 1.165) is 17.0 Å². The molecule has 1 aliphatic heterocycles. The van der Waals surface area contributed by atoms with E-state index in [1.54, 1.807) is 13.0 Å². The molecule has 0 bridgehead atoms. The van der Waals surface area contributed by atoms with Crippen LogP contribution in [0.15, 0.2) is 24.3 Å². The average Bonchev–Trinajstić information content (AvgIpc) is 2.80. The van der Waals surface area contributed by atoms with E-state index >= 15 is 0 Å². The van der Waals surface area contributed by atoms with Gasteiger partial charge in [-0.15, -0.1) is 0 Å². The molecule has 0 unspecified atom stereocenters. The van der Waals surface area contributed by atoms with Crippen LogP contribution in [0.2, 0.25) is 5.02 Å². The van der Waals surface area contributed by atoms with E-state index in [9.17, 15) is 18.4 Å². The number of imide groups is 1. The molecule has 124 valence electrons. The number of carbonyl (C=O) groups is 2. The van der Waals surface area contributed by atoms with Gasteiger partial charge in [0.15, 0.2) is 0 Å². The first-order chi connectivity index (χ1) is 11.4. The van der Waals surface area contributed by atoms with Crippen LogP contribution in [0.3, 0.4) is 0 Å². The lowest BCUT2D eigenvalue weighted by Gasteiger charge is -2.16. The van der Waals surface area contributed by atoms with Crippen molar-refractivity contribution in [3.8, 4) is 5.75 Å². The summed E-state index contributed by atoms with van der Waals surface area (Å²) in [5.41, 5.74) is 0.677. The molecule has 2 aromatic carbocycles. The summed E-state index contributed by atoms with van der Waals surface area (Å²) >= 11 is 5.78. The normalized spacial score (nSPS) is 13.5. The second-order valence-electron chi connectivity index (χ2n) is 5.33. The van der Waals surface area contributed by atoms with E-state index in [2.05, 4.69) is 0 Å². The Morgan fingerprint density at radius 1 is 1.08 bits per heavy atom. The monoisotopic (exact) mass is 351 g/mol. The summed E-state index contributed by atoms with van der Waals surface area (Å²) in [7, 11) is 1.45. The Morgan fingerprint density at radius 3 is 2.42 bits per heavy atom. The summed E-state index contributed by atoms with van der Waals surface area (Å²) in [6.07, 6.45) is 0. The van der Waals surface area contributed by atoms with Crippen molar-refractivity contribution in [3.05, 3.63) is 63.2 Å². The Bertz CT molecular complexity index is 883. The molecule has 0 fully saturated rings. The molecule has 24 heavy (non-hydrogen) atoms. The fraction of sp³-hybridized carbons (Fsp3) is 0.176. The quantitative estimate of drug-likeness (QED) is 0.625. The van der Waals surface area contributed by atoms with Crippen molar-refractivity contribution in [2.45, 2.75) is 13.5 Å². The van der Waals surface area contributed by atoms with E-state index < -0.39 is 35.0 Å². The van der Waals surface area contributed by atoms with Crippen molar-refractivity contribution < 1.29 is 23.1 Å². The first kappa shape index (κ1) is 16.4. The van der Waals surface area contributed by atoms with Gasteiger partial charge in [0, 0.05) is 11.1 Å². The van der Waals surface area contributed by atoms with Crippen molar-refractivity contribution in [1.82, 2.24) is 4.90 Å². The number of hydrogen-bond donors (Lipinski definition) is 0. The van der Waals surface area contributed by atoms with Crippen LogP contribution in [0.5, 0.6) is 5.75 Å². The molecule has 0 aliphatic carbocycles. The highest BCUT2D eigenvalue weighted by Gasteiger charge is 2.38.